The molecule has 0 unspecified atom stereocenters. The van der Waals surface area contributed by atoms with Crippen molar-refractivity contribution in [3.63, 3.8) is 0 Å². The first-order valence-corrected chi connectivity index (χ1v) is 9.02. The number of rotatable bonds is 5. The van der Waals surface area contributed by atoms with Crippen LogP contribution < -0.4 is 0 Å². The predicted octanol–water partition coefficient (Wildman–Crippen LogP) is 2.13. The van der Waals surface area contributed by atoms with Crippen molar-refractivity contribution in [2.24, 2.45) is 5.92 Å². The first-order valence-electron chi connectivity index (χ1n) is 9.02. The summed E-state index contributed by atoms with van der Waals surface area (Å²) in [6.45, 7) is 3.93. The van der Waals surface area contributed by atoms with Gasteiger partial charge in [0.25, 0.3) is 0 Å². The van der Waals surface area contributed by atoms with Gasteiger partial charge in [0, 0.05) is 25.2 Å². The Bertz CT molecular complexity index is 563. The average Bonchev–Trinajstić information content (AvgIpc) is 2.98. The van der Waals surface area contributed by atoms with Crippen LogP contribution in [-0.2, 0) is 9.53 Å². The Morgan fingerprint density at radius 1 is 1.26 bits per heavy atom. The Kier molecular flexibility index (Phi) is 4.09. The van der Waals surface area contributed by atoms with Gasteiger partial charge in [0.15, 0.2) is 0 Å². The number of hydrogen-bond donors (Lipinski definition) is 0. The van der Waals surface area contributed by atoms with Gasteiger partial charge in [-0.1, -0.05) is 25.0 Å². The number of carbonyl (C=O) groups is 1. The molecule has 6 nitrogen and oxygen atoms in total. The topological polar surface area (TPSA) is 60.2 Å². The Hall–Kier alpha value is -1.43. The van der Waals surface area contributed by atoms with Crippen LogP contribution in [0.5, 0.6) is 0 Å². The van der Waals surface area contributed by atoms with E-state index in [0.29, 0.717) is 17.9 Å². The monoisotopic (exact) mass is 318 g/mol. The quantitative estimate of drug-likeness (QED) is 0.834. The number of amides is 1. The van der Waals surface area contributed by atoms with E-state index in [-0.39, 0.29) is 18.6 Å². The van der Waals surface area contributed by atoms with Gasteiger partial charge in [-0.3, -0.25) is 4.79 Å². The number of aromatic nitrogens is 3. The van der Waals surface area contributed by atoms with Crippen molar-refractivity contribution in [1.82, 2.24) is 19.9 Å². The zero-order valence-electron chi connectivity index (χ0n) is 13.9. The van der Waals surface area contributed by atoms with Crippen LogP contribution in [0, 0.1) is 5.92 Å². The van der Waals surface area contributed by atoms with E-state index in [2.05, 4.69) is 23.4 Å². The molecule has 2 heterocycles. The molecular formula is C17H26N4O2. The Morgan fingerprint density at radius 2 is 2.04 bits per heavy atom. The number of nitrogens with zero attached hydrogens (tertiary/aromatic N) is 4. The van der Waals surface area contributed by atoms with E-state index in [0.717, 1.165) is 31.6 Å². The number of likely N-dealkylation sites (tertiary alicyclic amines) is 1. The van der Waals surface area contributed by atoms with Gasteiger partial charge in [0.2, 0.25) is 5.91 Å². The molecule has 3 aliphatic rings. The molecule has 23 heavy (non-hydrogen) atoms. The van der Waals surface area contributed by atoms with E-state index >= 15 is 0 Å². The predicted molar refractivity (Wildman–Crippen MR) is 85.0 cm³/mol. The molecule has 0 N–H and O–H groups in total. The van der Waals surface area contributed by atoms with Gasteiger partial charge in [-0.2, -0.15) is 0 Å². The lowest BCUT2D eigenvalue weighted by molar-refractivity contribution is -0.135. The maximum atomic E-state index is 12.3. The SMILES string of the molecule is C[C@@H]1CN(C(=O)COC2CC2)C[C@@H]1n1cc(C2CCCC2)nn1. The summed E-state index contributed by atoms with van der Waals surface area (Å²) in [5, 5.41) is 8.77. The molecule has 2 atom stereocenters. The molecule has 0 bridgehead atoms. The van der Waals surface area contributed by atoms with Gasteiger partial charge < -0.3 is 9.64 Å². The Balaban J connectivity index is 1.37. The molecule has 1 aromatic rings. The zero-order chi connectivity index (χ0) is 15.8. The summed E-state index contributed by atoms with van der Waals surface area (Å²) in [7, 11) is 0. The lowest BCUT2D eigenvalue weighted by Gasteiger charge is -2.16. The van der Waals surface area contributed by atoms with Crippen LogP contribution >= 0.6 is 0 Å². The fourth-order valence-corrected chi connectivity index (χ4v) is 3.87. The van der Waals surface area contributed by atoms with Crippen LogP contribution in [0.4, 0.5) is 0 Å². The highest BCUT2D eigenvalue weighted by Gasteiger charge is 2.35. The number of hydrogen-bond acceptors (Lipinski definition) is 4. The third-order valence-electron chi connectivity index (χ3n) is 5.53. The fourth-order valence-electron chi connectivity index (χ4n) is 3.87. The van der Waals surface area contributed by atoms with Crippen LogP contribution in [0.15, 0.2) is 6.20 Å². The van der Waals surface area contributed by atoms with E-state index in [9.17, 15) is 4.79 Å². The summed E-state index contributed by atoms with van der Waals surface area (Å²) >= 11 is 0. The summed E-state index contributed by atoms with van der Waals surface area (Å²) in [6, 6.07) is 0.238. The molecule has 0 radical (unpaired) electrons. The Morgan fingerprint density at radius 3 is 2.78 bits per heavy atom. The van der Waals surface area contributed by atoms with Crippen LogP contribution in [0.1, 0.15) is 63.1 Å². The number of carbonyl (C=O) groups excluding carboxylic acids is 1. The molecule has 1 amide bonds. The highest BCUT2D eigenvalue weighted by Crippen LogP contribution is 2.34. The lowest BCUT2D eigenvalue weighted by Crippen LogP contribution is -2.32. The molecule has 3 fully saturated rings. The van der Waals surface area contributed by atoms with Crippen LogP contribution in [0.3, 0.4) is 0 Å². The molecule has 4 rings (SSSR count). The van der Waals surface area contributed by atoms with Gasteiger partial charge >= 0.3 is 0 Å². The van der Waals surface area contributed by atoms with Crippen molar-refractivity contribution in [3.8, 4) is 0 Å². The molecule has 6 heteroatoms. The summed E-state index contributed by atoms with van der Waals surface area (Å²) in [5.41, 5.74) is 1.14. The minimum atomic E-state index is 0.113. The van der Waals surface area contributed by atoms with E-state index in [4.69, 9.17) is 4.74 Å². The van der Waals surface area contributed by atoms with Gasteiger partial charge in [-0.05, 0) is 31.6 Å². The maximum absolute atomic E-state index is 12.3. The standard InChI is InChI=1S/C17H26N4O2/c1-12-8-20(17(22)11-23-14-6-7-14)10-16(12)21-9-15(18-19-21)13-4-2-3-5-13/h9,12-14,16H,2-8,10-11H2,1H3/t12-,16+/m1/s1. The average molecular weight is 318 g/mol. The molecule has 0 spiro atoms. The third kappa shape index (κ3) is 3.27. The molecule has 1 aliphatic heterocycles. The Labute approximate surface area is 137 Å². The van der Waals surface area contributed by atoms with Gasteiger partial charge in [0.05, 0.1) is 17.8 Å². The van der Waals surface area contributed by atoms with Crippen LogP contribution in [-0.4, -0.2) is 51.6 Å². The highest BCUT2D eigenvalue weighted by molar-refractivity contribution is 5.77. The second-order valence-electron chi connectivity index (χ2n) is 7.46. The first-order chi connectivity index (χ1) is 11.2. The van der Waals surface area contributed by atoms with E-state index < -0.39 is 0 Å². The molecule has 2 aliphatic carbocycles. The molecule has 126 valence electrons. The largest absolute Gasteiger partial charge is 0.368 e. The van der Waals surface area contributed by atoms with Crippen molar-refractivity contribution < 1.29 is 9.53 Å². The van der Waals surface area contributed by atoms with Gasteiger partial charge in [0.1, 0.15) is 6.61 Å². The van der Waals surface area contributed by atoms with Crippen molar-refractivity contribution in [3.05, 3.63) is 11.9 Å². The first kappa shape index (κ1) is 15.1. The summed E-state index contributed by atoms with van der Waals surface area (Å²) < 4.78 is 7.54. The maximum Gasteiger partial charge on any atom is 0.248 e. The van der Waals surface area contributed by atoms with E-state index in [1.54, 1.807) is 0 Å². The zero-order valence-corrected chi connectivity index (χ0v) is 13.9. The van der Waals surface area contributed by atoms with Crippen molar-refractivity contribution in [2.45, 2.75) is 63.5 Å². The third-order valence-corrected chi connectivity index (χ3v) is 5.53. The van der Waals surface area contributed by atoms with E-state index in [1.807, 2.05) is 9.58 Å². The normalized spacial score (nSPS) is 28.7. The molecule has 0 aromatic carbocycles. The second-order valence-corrected chi connectivity index (χ2v) is 7.46. The second kappa shape index (κ2) is 6.23. The lowest BCUT2D eigenvalue weighted by atomic mass is 10.0. The molecule has 1 saturated heterocycles. The summed E-state index contributed by atoms with van der Waals surface area (Å²) in [4.78, 5) is 14.2. The van der Waals surface area contributed by atoms with Crippen LogP contribution in [0.2, 0.25) is 0 Å². The molecule has 2 saturated carbocycles. The van der Waals surface area contributed by atoms with Crippen LogP contribution in [0.25, 0.3) is 0 Å². The van der Waals surface area contributed by atoms with Crippen molar-refractivity contribution in [2.75, 3.05) is 19.7 Å². The highest BCUT2D eigenvalue weighted by atomic mass is 16.5. The summed E-state index contributed by atoms with van der Waals surface area (Å²) in [6.07, 6.45) is 9.75. The number of ether oxygens (including phenoxy) is 1. The van der Waals surface area contributed by atoms with Crippen molar-refractivity contribution >= 4 is 5.91 Å². The summed E-state index contributed by atoms with van der Waals surface area (Å²) in [5.74, 6) is 1.10. The van der Waals surface area contributed by atoms with Gasteiger partial charge in [-0.25, -0.2) is 4.68 Å². The minimum Gasteiger partial charge on any atom is -0.368 e. The molecular weight excluding hydrogens is 292 g/mol. The smallest absolute Gasteiger partial charge is 0.248 e. The fraction of sp³-hybridized carbons (Fsp3) is 0.824. The van der Waals surface area contributed by atoms with Gasteiger partial charge in [-0.15, -0.1) is 5.10 Å². The molecule has 1 aromatic heterocycles. The van der Waals surface area contributed by atoms with Crippen molar-refractivity contribution in [1.29, 1.82) is 0 Å². The minimum absolute atomic E-state index is 0.113. The van der Waals surface area contributed by atoms with E-state index in [1.165, 1.54) is 25.7 Å².